The maximum atomic E-state index is 13.6. The molecule has 0 aliphatic rings. The summed E-state index contributed by atoms with van der Waals surface area (Å²) in [6, 6.07) is 9.82. The lowest BCUT2D eigenvalue weighted by Gasteiger charge is -2.08. The second-order valence-corrected chi connectivity index (χ2v) is 4.75. The van der Waals surface area contributed by atoms with E-state index < -0.39 is 5.82 Å². The van der Waals surface area contributed by atoms with Crippen LogP contribution >= 0.6 is 0 Å². The molecule has 0 heterocycles. The van der Waals surface area contributed by atoms with Gasteiger partial charge in [-0.2, -0.15) is 0 Å². The second-order valence-electron chi connectivity index (χ2n) is 4.75. The Kier molecular flexibility index (Phi) is 4.58. The van der Waals surface area contributed by atoms with Gasteiger partial charge in [0.25, 0.3) is 0 Å². The van der Waals surface area contributed by atoms with Crippen LogP contribution in [0.5, 0.6) is 11.5 Å². The molecule has 110 valence electrons. The summed E-state index contributed by atoms with van der Waals surface area (Å²) in [4.78, 5) is 12.3. The molecule has 0 amide bonds. The number of methoxy groups -OCH3 is 2. The van der Waals surface area contributed by atoms with E-state index in [0.717, 1.165) is 5.56 Å². The fraction of sp³-hybridized carbons (Fsp3) is 0.235. The minimum Gasteiger partial charge on any atom is -0.496 e. The lowest BCUT2D eigenvalue weighted by molar-refractivity contribution is 0.0992. The van der Waals surface area contributed by atoms with E-state index in [1.165, 1.54) is 19.2 Å². The highest BCUT2D eigenvalue weighted by atomic mass is 19.1. The van der Waals surface area contributed by atoms with Crippen LogP contribution in [-0.2, 0) is 6.42 Å². The van der Waals surface area contributed by atoms with E-state index in [0.29, 0.717) is 16.9 Å². The first-order chi connectivity index (χ1) is 10.0. The minimum atomic E-state index is -0.468. The van der Waals surface area contributed by atoms with Crippen molar-refractivity contribution in [2.75, 3.05) is 14.2 Å². The maximum absolute atomic E-state index is 13.6. The van der Waals surface area contributed by atoms with Crippen molar-refractivity contribution in [3.05, 3.63) is 58.9 Å². The third kappa shape index (κ3) is 3.40. The molecule has 21 heavy (non-hydrogen) atoms. The van der Waals surface area contributed by atoms with E-state index in [9.17, 15) is 9.18 Å². The summed E-state index contributed by atoms with van der Waals surface area (Å²) in [5.74, 6) is 0.284. The number of aryl methyl sites for hydroxylation is 1. The number of hydrogen-bond acceptors (Lipinski definition) is 3. The summed E-state index contributed by atoms with van der Waals surface area (Å²) in [6.45, 7) is 1.91. The molecule has 0 spiro atoms. The third-order valence-electron chi connectivity index (χ3n) is 3.31. The summed E-state index contributed by atoms with van der Waals surface area (Å²) in [6.07, 6.45) is 0.132. The second kappa shape index (κ2) is 6.39. The van der Waals surface area contributed by atoms with E-state index in [1.807, 2.05) is 13.0 Å². The predicted molar refractivity (Wildman–Crippen MR) is 78.7 cm³/mol. The van der Waals surface area contributed by atoms with Gasteiger partial charge in [-0.05, 0) is 36.2 Å². The summed E-state index contributed by atoms with van der Waals surface area (Å²) in [5, 5.41) is 0. The zero-order chi connectivity index (χ0) is 15.4. The van der Waals surface area contributed by atoms with Crippen LogP contribution in [0.4, 0.5) is 4.39 Å². The van der Waals surface area contributed by atoms with Crippen LogP contribution in [-0.4, -0.2) is 20.0 Å². The molecule has 0 unspecified atom stereocenters. The lowest BCUT2D eigenvalue weighted by Crippen LogP contribution is -2.05. The molecule has 0 aliphatic heterocycles. The molecule has 0 aromatic heterocycles. The number of ether oxygens (including phenoxy) is 2. The summed E-state index contributed by atoms with van der Waals surface area (Å²) in [7, 11) is 2.97. The first kappa shape index (κ1) is 15.0. The fourth-order valence-electron chi connectivity index (χ4n) is 2.10. The van der Waals surface area contributed by atoms with Crippen LogP contribution in [0.15, 0.2) is 36.4 Å². The lowest BCUT2D eigenvalue weighted by atomic mass is 10.0. The molecule has 0 radical (unpaired) electrons. The van der Waals surface area contributed by atoms with Crippen molar-refractivity contribution < 1.29 is 18.7 Å². The Hall–Kier alpha value is -2.36. The van der Waals surface area contributed by atoms with Crippen molar-refractivity contribution in [1.82, 2.24) is 0 Å². The Balaban J connectivity index is 2.19. The Labute approximate surface area is 123 Å². The maximum Gasteiger partial charge on any atom is 0.167 e. The Morgan fingerprint density at radius 1 is 1.05 bits per heavy atom. The zero-order valence-electron chi connectivity index (χ0n) is 12.3. The van der Waals surface area contributed by atoms with Crippen molar-refractivity contribution in [2.45, 2.75) is 13.3 Å². The molecule has 2 rings (SSSR count). The van der Waals surface area contributed by atoms with E-state index in [-0.39, 0.29) is 18.0 Å². The number of hydrogen-bond donors (Lipinski definition) is 0. The van der Waals surface area contributed by atoms with Crippen LogP contribution in [0.25, 0.3) is 0 Å². The largest absolute Gasteiger partial charge is 0.496 e. The molecule has 0 N–H and O–H groups in total. The average Bonchev–Trinajstić information content (AvgIpc) is 2.48. The first-order valence-electron chi connectivity index (χ1n) is 6.55. The first-order valence-corrected chi connectivity index (χ1v) is 6.55. The van der Waals surface area contributed by atoms with Gasteiger partial charge in [-0.15, -0.1) is 0 Å². The summed E-state index contributed by atoms with van der Waals surface area (Å²) in [5.41, 5.74) is 2.12. The molecular formula is C17H17FO3. The van der Waals surface area contributed by atoms with Crippen molar-refractivity contribution in [2.24, 2.45) is 0 Å². The molecule has 4 heteroatoms. The van der Waals surface area contributed by atoms with Crippen molar-refractivity contribution in [3.8, 4) is 11.5 Å². The van der Waals surface area contributed by atoms with Crippen LogP contribution in [0, 0.1) is 12.7 Å². The Bertz CT molecular complexity index is 665. The molecule has 0 saturated heterocycles. The molecule has 2 aromatic carbocycles. The molecular weight excluding hydrogens is 271 g/mol. The summed E-state index contributed by atoms with van der Waals surface area (Å²) < 4.78 is 23.7. The van der Waals surface area contributed by atoms with Crippen molar-refractivity contribution in [1.29, 1.82) is 0 Å². The Morgan fingerprint density at radius 3 is 2.38 bits per heavy atom. The Morgan fingerprint density at radius 2 is 1.76 bits per heavy atom. The van der Waals surface area contributed by atoms with Crippen LogP contribution in [0.1, 0.15) is 21.5 Å². The molecule has 2 aromatic rings. The topological polar surface area (TPSA) is 35.5 Å². The van der Waals surface area contributed by atoms with Gasteiger partial charge in [0.1, 0.15) is 5.75 Å². The van der Waals surface area contributed by atoms with Gasteiger partial charge in [-0.25, -0.2) is 4.39 Å². The van der Waals surface area contributed by atoms with Crippen LogP contribution < -0.4 is 9.47 Å². The molecule has 0 atom stereocenters. The normalized spacial score (nSPS) is 10.3. The monoisotopic (exact) mass is 288 g/mol. The number of ketones is 1. The molecule has 0 aliphatic carbocycles. The third-order valence-corrected chi connectivity index (χ3v) is 3.31. The van der Waals surface area contributed by atoms with Crippen molar-refractivity contribution in [3.63, 3.8) is 0 Å². The van der Waals surface area contributed by atoms with Gasteiger partial charge in [-0.3, -0.25) is 4.79 Å². The zero-order valence-corrected chi connectivity index (χ0v) is 12.3. The average molecular weight is 288 g/mol. The molecule has 0 fully saturated rings. The number of benzene rings is 2. The number of Topliss-reactive ketones (excluding diaryl/α,β-unsaturated/α-hetero) is 1. The quantitative estimate of drug-likeness (QED) is 0.789. The molecule has 3 nitrogen and oxygen atoms in total. The number of carbonyl (C=O) groups excluding carboxylic acids is 1. The standard InChI is InChI=1S/C17H17FO3/c1-11-4-6-13(10-17(11)21-3)15(19)9-12-5-7-16(20-2)14(18)8-12/h4-8,10H,9H2,1-3H3. The van der Waals surface area contributed by atoms with E-state index in [1.54, 1.807) is 25.3 Å². The molecule has 0 saturated carbocycles. The highest BCUT2D eigenvalue weighted by molar-refractivity contribution is 5.98. The van der Waals surface area contributed by atoms with E-state index in [2.05, 4.69) is 0 Å². The van der Waals surface area contributed by atoms with Gasteiger partial charge in [0.2, 0.25) is 0 Å². The fourth-order valence-corrected chi connectivity index (χ4v) is 2.10. The van der Waals surface area contributed by atoms with Gasteiger partial charge < -0.3 is 9.47 Å². The van der Waals surface area contributed by atoms with Gasteiger partial charge >= 0.3 is 0 Å². The predicted octanol–water partition coefficient (Wildman–Crippen LogP) is 3.58. The van der Waals surface area contributed by atoms with Gasteiger partial charge in [0.15, 0.2) is 17.3 Å². The number of carbonyl (C=O) groups is 1. The highest BCUT2D eigenvalue weighted by Gasteiger charge is 2.11. The number of rotatable bonds is 5. The van der Waals surface area contributed by atoms with E-state index >= 15 is 0 Å². The van der Waals surface area contributed by atoms with Crippen LogP contribution in [0.2, 0.25) is 0 Å². The summed E-state index contributed by atoms with van der Waals surface area (Å²) >= 11 is 0. The minimum absolute atomic E-state index is 0.0853. The van der Waals surface area contributed by atoms with Crippen LogP contribution in [0.3, 0.4) is 0 Å². The van der Waals surface area contributed by atoms with Gasteiger partial charge in [0, 0.05) is 12.0 Å². The van der Waals surface area contributed by atoms with Gasteiger partial charge in [-0.1, -0.05) is 18.2 Å². The SMILES string of the molecule is COc1cc(C(=O)Cc2ccc(OC)c(F)c2)ccc1C. The van der Waals surface area contributed by atoms with E-state index in [4.69, 9.17) is 9.47 Å². The van der Waals surface area contributed by atoms with Gasteiger partial charge in [0.05, 0.1) is 14.2 Å². The van der Waals surface area contributed by atoms with Crippen molar-refractivity contribution >= 4 is 5.78 Å². The number of halogens is 1. The highest BCUT2D eigenvalue weighted by Crippen LogP contribution is 2.22. The smallest absolute Gasteiger partial charge is 0.167 e. The molecule has 0 bridgehead atoms.